The predicted molar refractivity (Wildman–Crippen MR) is 88.7 cm³/mol. The minimum Gasteiger partial charge on any atom is -0.441 e. The number of ether oxygens (including phenoxy) is 1. The molecule has 0 N–H and O–H groups in total. The molecule has 0 bridgehead atoms. The lowest BCUT2D eigenvalue weighted by atomic mass is 10.1. The molecule has 2 aromatic carbocycles. The fourth-order valence-corrected chi connectivity index (χ4v) is 3.09. The lowest BCUT2D eigenvalue weighted by Gasteiger charge is -2.05. The van der Waals surface area contributed by atoms with Crippen LogP contribution in [0, 0.1) is 6.92 Å². The summed E-state index contributed by atoms with van der Waals surface area (Å²) in [6.07, 6.45) is 1.16. The average molecular weight is 345 g/mol. The third kappa shape index (κ3) is 3.80. The van der Waals surface area contributed by atoms with Crippen molar-refractivity contribution in [2.75, 3.05) is 6.26 Å². The number of hydrogen-bond donors (Lipinski definition) is 0. The van der Waals surface area contributed by atoms with Crippen LogP contribution >= 0.6 is 0 Å². The van der Waals surface area contributed by atoms with Crippen molar-refractivity contribution in [2.24, 2.45) is 0 Å². The Morgan fingerprint density at radius 3 is 2.54 bits per heavy atom. The van der Waals surface area contributed by atoms with E-state index in [9.17, 15) is 13.2 Å². The number of benzene rings is 2. The standard InChI is InChI=1S/C17H15NO5S/c1-11-18-15-9-14(7-8-16(15)22-11)23-17(19)13-5-3-12(4-6-13)10-24(2,20)21/h3-9H,10H2,1-2H3. The largest absolute Gasteiger partial charge is 0.441 e. The van der Waals surface area contributed by atoms with Gasteiger partial charge in [0, 0.05) is 19.2 Å². The van der Waals surface area contributed by atoms with E-state index >= 15 is 0 Å². The van der Waals surface area contributed by atoms with Gasteiger partial charge in [0.05, 0.1) is 11.3 Å². The lowest BCUT2D eigenvalue weighted by molar-refractivity contribution is 0.0735. The molecule has 0 aliphatic carbocycles. The van der Waals surface area contributed by atoms with Gasteiger partial charge < -0.3 is 9.15 Å². The van der Waals surface area contributed by atoms with E-state index in [-0.39, 0.29) is 5.75 Å². The maximum absolute atomic E-state index is 12.2. The minimum atomic E-state index is -3.11. The van der Waals surface area contributed by atoms with E-state index in [0.29, 0.717) is 33.9 Å². The van der Waals surface area contributed by atoms with E-state index in [1.54, 1.807) is 49.4 Å². The average Bonchev–Trinajstić information content (AvgIpc) is 2.85. The van der Waals surface area contributed by atoms with Crippen LogP contribution in [0.5, 0.6) is 5.75 Å². The van der Waals surface area contributed by atoms with Crippen LogP contribution in [-0.4, -0.2) is 25.6 Å². The molecule has 0 unspecified atom stereocenters. The Bertz CT molecular complexity index is 1000. The summed E-state index contributed by atoms with van der Waals surface area (Å²) >= 11 is 0. The van der Waals surface area contributed by atoms with Crippen molar-refractivity contribution < 1.29 is 22.4 Å². The summed E-state index contributed by atoms with van der Waals surface area (Å²) in [5.74, 6) is 0.307. The van der Waals surface area contributed by atoms with E-state index in [1.807, 2.05) is 0 Å². The number of aromatic nitrogens is 1. The first kappa shape index (κ1) is 16.2. The Morgan fingerprint density at radius 1 is 1.17 bits per heavy atom. The second kappa shape index (κ2) is 6.09. The number of rotatable bonds is 4. The summed E-state index contributed by atoms with van der Waals surface area (Å²) in [6.45, 7) is 1.74. The molecule has 24 heavy (non-hydrogen) atoms. The summed E-state index contributed by atoms with van der Waals surface area (Å²) in [5, 5.41) is 0. The summed E-state index contributed by atoms with van der Waals surface area (Å²) in [7, 11) is -3.11. The molecule has 0 saturated heterocycles. The van der Waals surface area contributed by atoms with E-state index in [2.05, 4.69) is 4.98 Å². The van der Waals surface area contributed by atoms with Crippen LogP contribution in [0.2, 0.25) is 0 Å². The Morgan fingerprint density at radius 2 is 1.88 bits per heavy atom. The molecule has 0 fully saturated rings. The molecule has 124 valence electrons. The molecule has 0 saturated carbocycles. The predicted octanol–water partition coefficient (Wildman–Crippen LogP) is 2.90. The fourth-order valence-electron chi connectivity index (χ4n) is 2.29. The quantitative estimate of drug-likeness (QED) is 0.534. The Balaban J connectivity index is 1.75. The number of sulfone groups is 1. The number of fused-ring (bicyclic) bond motifs is 1. The van der Waals surface area contributed by atoms with Crippen LogP contribution in [0.25, 0.3) is 11.1 Å². The van der Waals surface area contributed by atoms with Gasteiger partial charge in [-0.25, -0.2) is 18.2 Å². The monoisotopic (exact) mass is 345 g/mol. The van der Waals surface area contributed by atoms with Crippen molar-refractivity contribution in [3.8, 4) is 5.75 Å². The van der Waals surface area contributed by atoms with Crippen molar-refractivity contribution in [2.45, 2.75) is 12.7 Å². The Labute approximate surface area is 139 Å². The highest BCUT2D eigenvalue weighted by Gasteiger charge is 2.11. The van der Waals surface area contributed by atoms with E-state index in [4.69, 9.17) is 9.15 Å². The summed E-state index contributed by atoms with van der Waals surface area (Å²) in [4.78, 5) is 16.4. The number of carbonyl (C=O) groups is 1. The van der Waals surface area contributed by atoms with Gasteiger partial charge in [0.1, 0.15) is 11.3 Å². The second-order valence-electron chi connectivity index (χ2n) is 5.52. The maximum Gasteiger partial charge on any atom is 0.343 e. The van der Waals surface area contributed by atoms with Gasteiger partial charge in [-0.15, -0.1) is 0 Å². The van der Waals surface area contributed by atoms with Gasteiger partial charge in [-0.1, -0.05) is 12.1 Å². The van der Waals surface area contributed by atoms with Crippen LogP contribution in [-0.2, 0) is 15.6 Å². The number of aryl methyl sites for hydroxylation is 1. The van der Waals surface area contributed by atoms with Gasteiger partial charge in [-0.05, 0) is 29.8 Å². The summed E-state index contributed by atoms with van der Waals surface area (Å²) < 4.78 is 33.2. The van der Waals surface area contributed by atoms with Gasteiger partial charge in [-0.3, -0.25) is 0 Å². The smallest absolute Gasteiger partial charge is 0.343 e. The SMILES string of the molecule is Cc1nc2cc(OC(=O)c3ccc(CS(C)(=O)=O)cc3)ccc2o1. The molecule has 1 heterocycles. The molecule has 7 heteroatoms. The van der Waals surface area contributed by atoms with Crippen molar-refractivity contribution in [1.82, 2.24) is 4.98 Å². The molecule has 1 aromatic heterocycles. The van der Waals surface area contributed by atoms with Crippen molar-refractivity contribution >= 4 is 26.9 Å². The van der Waals surface area contributed by atoms with Crippen molar-refractivity contribution in [1.29, 1.82) is 0 Å². The van der Waals surface area contributed by atoms with Gasteiger partial charge in [-0.2, -0.15) is 0 Å². The maximum atomic E-state index is 12.2. The van der Waals surface area contributed by atoms with Gasteiger partial charge in [0.2, 0.25) is 0 Å². The van der Waals surface area contributed by atoms with Gasteiger partial charge >= 0.3 is 5.97 Å². The number of esters is 1. The lowest BCUT2D eigenvalue weighted by Crippen LogP contribution is -2.09. The normalized spacial score (nSPS) is 11.6. The first-order valence-corrected chi connectivity index (χ1v) is 9.22. The Hall–Kier alpha value is -2.67. The molecular weight excluding hydrogens is 330 g/mol. The third-order valence-electron chi connectivity index (χ3n) is 3.30. The van der Waals surface area contributed by atoms with Crippen molar-refractivity contribution in [3.05, 3.63) is 59.5 Å². The fraction of sp³-hybridized carbons (Fsp3) is 0.176. The molecule has 3 aromatic rings. The first-order valence-electron chi connectivity index (χ1n) is 7.16. The van der Waals surface area contributed by atoms with Crippen LogP contribution in [0.3, 0.4) is 0 Å². The minimum absolute atomic E-state index is 0.0650. The summed E-state index contributed by atoms with van der Waals surface area (Å²) in [6, 6.07) is 11.2. The zero-order valence-electron chi connectivity index (χ0n) is 13.1. The molecule has 3 rings (SSSR count). The zero-order chi connectivity index (χ0) is 17.3. The first-order chi connectivity index (χ1) is 11.3. The number of oxazole rings is 1. The molecule has 0 aliphatic heterocycles. The van der Waals surface area contributed by atoms with Crippen LogP contribution in [0.15, 0.2) is 46.9 Å². The van der Waals surface area contributed by atoms with Crippen LogP contribution < -0.4 is 4.74 Å². The molecule has 0 spiro atoms. The van der Waals surface area contributed by atoms with Gasteiger partial charge in [0.15, 0.2) is 21.3 Å². The topological polar surface area (TPSA) is 86.5 Å². The van der Waals surface area contributed by atoms with Crippen LogP contribution in [0.4, 0.5) is 0 Å². The highest BCUT2D eigenvalue weighted by atomic mass is 32.2. The molecule has 0 atom stereocenters. The number of hydrogen-bond acceptors (Lipinski definition) is 6. The van der Waals surface area contributed by atoms with Gasteiger partial charge in [0.25, 0.3) is 0 Å². The summed E-state index contributed by atoms with van der Waals surface area (Å²) in [5.41, 5.74) is 2.19. The zero-order valence-corrected chi connectivity index (χ0v) is 14.0. The molecule has 6 nitrogen and oxygen atoms in total. The molecule has 0 amide bonds. The van der Waals surface area contributed by atoms with Crippen LogP contribution in [0.1, 0.15) is 21.8 Å². The third-order valence-corrected chi connectivity index (χ3v) is 4.15. The van der Waals surface area contributed by atoms with Crippen molar-refractivity contribution in [3.63, 3.8) is 0 Å². The molecule has 0 aliphatic rings. The number of nitrogens with zero attached hydrogens (tertiary/aromatic N) is 1. The van der Waals surface area contributed by atoms with E-state index < -0.39 is 15.8 Å². The van der Waals surface area contributed by atoms with E-state index in [0.717, 1.165) is 6.26 Å². The molecular formula is C17H15NO5S. The highest BCUT2D eigenvalue weighted by Crippen LogP contribution is 2.22. The van der Waals surface area contributed by atoms with E-state index in [1.165, 1.54) is 0 Å². The highest BCUT2D eigenvalue weighted by molar-refractivity contribution is 7.89. The second-order valence-corrected chi connectivity index (χ2v) is 7.66. The number of carbonyl (C=O) groups excluding carboxylic acids is 1. The Kier molecular flexibility index (Phi) is 4.11. The molecule has 0 radical (unpaired) electrons.